The van der Waals surface area contributed by atoms with Crippen LogP contribution in [0.5, 0.6) is 0 Å². The number of β-lactam (4-membered cyclic amide) rings is 1. The lowest BCUT2D eigenvalue weighted by Gasteiger charge is -2.49. The smallest absolute Gasteiger partial charge is 0.260 e. The van der Waals surface area contributed by atoms with Gasteiger partial charge in [-0.05, 0) is 23.7 Å². The van der Waals surface area contributed by atoms with Gasteiger partial charge in [0, 0.05) is 5.92 Å². The predicted octanol–water partition coefficient (Wildman–Crippen LogP) is 4.14. The summed E-state index contributed by atoms with van der Waals surface area (Å²) < 4.78 is 6.46. The Bertz CT molecular complexity index is 575. The molecular weight excluding hydrogens is 318 g/mol. The van der Waals surface area contributed by atoms with E-state index in [2.05, 4.69) is 20.8 Å². The van der Waals surface area contributed by atoms with Gasteiger partial charge in [0.05, 0.1) is 6.04 Å². The molecule has 0 aromatic heterocycles. The minimum absolute atomic E-state index is 0.120. The third-order valence-corrected chi connectivity index (χ3v) is 9.85. The molecule has 0 radical (unpaired) electrons. The molecule has 1 unspecified atom stereocenters. The van der Waals surface area contributed by atoms with E-state index in [4.69, 9.17) is 4.43 Å². The molecule has 0 bridgehead atoms. The number of likely N-dealkylation sites (tertiary alicyclic amines) is 1. The fraction of sp³-hybridized carbons (Fsp3) is 0.579. The van der Waals surface area contributed by atoms with Gasteiger partial charge in [-0.1, -0.05) is 65.0 Å². The van der Waals surface area contributed by atoms with Crippen molar-refractivity contribution in [3.63, 3.8) is 0 Å². The highest BCUT2D eigenvalue weighted by Crippen LogP contribution is 2.41. The molecule has 1 saturated heterocycles. The highest BCUT2D eigenvalue weighted by molar-refractivity contribution is 6.73. The Balaban J connectivity index is 2.33. The Morgan fingerprint density at radius 3 is 2.12 bits per heavy atom. The fourth-order valence-corrected chi connectivity index (χ4v) is 6.11. The van der Waals surface area contributed by atoms with Gasteiger partial charge in [-0.15, -0.1) is 0 Å². The minimum Gasteiger partial charge on any atom is -0.403 e. The van der Waals surface area contributed by atoms with Crippen molar-refractivity contribution in [2.75, 3.05) is 0 Å². The molecule has 1 aromatic carbocycles. The molecule has 1 heterocycles. The van der Waals surface area contributed by atoms with E-state index in [0.717, 1.165) is 23.7 Å². The van der Waals surface area contributed by atoms with E-state index in [1.807, 2.05) is 44.2 Å². The molecule has 0 N–H and O–H groups in total. The second-order valence-electron chi connectivity index (χ2n) is 6.84. The summed E-state index contributed by atoms with van der Waals surface area (Å²) in [7, 11) is -1.92. The Labute approximate surface area is 146 Å². The summed E-state index contributed by atoms with van der Waals surface area (Å²) in [5.74, 6) is -0.494. The first-order valence-electron chi connectivity index (χ1n) is 9.00. The Kier molecular flexibility index (Phi) is 5.99. The predicted molar refractivity (Wildman–Crippen MR) is 97.9 cm³/mol. The van der Waals surface area contributed by atoms with E-state index in [1.54, 1.807) is 0 Å². The second-order valence-corrected chi connectivity index (χ2v) is 11.6. The highest BCUT2D eigenvalue weighted by Gasteiger charge is 2.54. The van der Waals surface area contributed by atoms with E-state index in [-0.39, 0.29) is 23.8 Å². The lowest BCUT2D eigenvalue weighted by Crippen LogP contribution is -2.65. The molecule has 2 rings (SSSR count). The fourth-order valence-electron chi connectivity index (χ4n) is 3.34. The number of carbonyl (C=O) groups excluding carboxylic acids is 2. The summed E-state index contributed by atoms with van der Waals surface area (Å²) in [6.45, 7) is 10.1. The summed E-state index contributed by atoms with van der Waals surface area (Å²) in [5.41, 5.74) is 0.974. The van der Waals surface area contributed by atoms with Crippen LogP contribution >= 0.6 is 0 Å². The molecule has 4 nitrogen and oxygen atoms in total. The van der Waals surface area contributed by atoms with E-state index in [0.29, 0.717) is 0 Å². The largest absolute Gasteiger partial charge is 0.403 e. The molecule has 0 saturated carbocycles. The van der Waals surface area contributed by atoms with Gasteiger partial charge >= 0.3 is 0 Å². The molecule has 24 heavy (non-hydrogen) atoms. The number of carbonyl (C=O) groups is 2. The summed E-state index contributed by atoms with van der Waals surface area (Å²) in [6, 6.07) is 12.5. The van der Waals surface area contributed by atoms with Crippen molar-refractivity contribution < 1.29 is 14.0 Å². The van der Waals surface area contributed by atoms with E-state index in [1.165, 1.54) is 4.90 Å². The van der Waals surface area contributed by atoms with Gasteiger partial charge in [-0.2, -0.15) is 0 Å². The first-order chi connectivity index (χ1) is 11.4. The SMILES string of the molecule is CC[Si](CC)(CC)O[C@H]1C(=O)N(C(=O)C(C)C)C1c1ccccc1. The first-order valence-corrected chi connectivity index (χ1v) is 11.5. The lowest BCUT2D eigenvalue weighted by atomic mass is 9.89. The van der Waals surface area contributed by atoms with E-state index in [9.17, 15) is 9.59 Å². The molecule has 5 heteroatoms. The Hall–Kier alpha value is -1.46. The summed E-state index contributed by atoms with van der Waals surface area (Å²) in [4.78, 5) is 26.6. The number of hydrogen-bond donors (Lipinski definition) is 0. The van der Waals surface area contributed by atoms with Crippen molar-refractivity contribution in [1.29, 1.82) is 0 Å². The third-order valence-electron chi connectivity index (χ3n) is 5.23. The van der Waals surface area contributed by atoms with Gasteiger partial charge in [-0.3, -0.25) is 14.5 Å². The monoisotopic (exact) mass is 347 g/mol. The van der Waals surface area contributed by atoms with Crippen LogP contribution < -0.4 is 0 Å². The van der Waals surface area contributed by atoms with E-state index >= 15 is 0 Å². The second kappa shape index (κ2) is 7.62. The molecule has 1 aromatic rings. The minimum atomic E-state index is -1.92. The van der Waals surface area contributed by atoms with Gasteiger partial charge in [0.1, 0.15) is 0 Å². The van der Waals surface area contributed by atoms with Crippen molar-refractivity contribution in [1.82, 2.24) is 4.90 Å². The van der Waals surface area contributed by atoms with Crippen LogP contribution in [-0.2, 0) is 14.0 Å². The van der Waals surface area contributed by atoms with Crippen molar-refractivity contribution >= 4 is 20.1 Å². The highest BCUT2D eigenvalue weighted by atomic mass is 28.4. The number of hydrogen-bond acceptors (Lipinski definition) is 3. The summed E-state index contributed by atoms with van der Waals surface area (Å²) in [6.07, 6.45) is -0.512. The summed E-state index contributed by atoms with van der Waals surface area (Å²) in [5, 5.41) is 0. The Morgan fingerprint density at radius 2 is 1.67 bits per heavy atom. The maximum Gasteiger partial charge on any atom is 0.260 e. The molecule has 1 aliphatic rings. The maximum atomic E-state index is 12.7. The van der Waals surface area contributed by atoms with Crippen LogP contribution in [0.4, 0.5) is 0 Å². The lowest BCUT2D eigenvalue weighted by molar-refractivity contribution is -0.175. The number of benzene rings is 1. The summed E-state index contributed by atoms with van der Waals surface area (Å²) >= 11 is 0. The average Bonchev–Trinajstić information content (AvgIpc) is 2.61. The van der Waals surface area contributed by atoms with Crippen LogP contribution in [0.25, 0.3) is 0 Å². The van der Waals surface area contributed by atoms with Gasteiger partial charge < -0.3 is 4.43 Å². The molecule has 0 aliphatic carbocycles. The molecule has 1 aliphatic heterocycles. The van der Waals surface area contributed by atoms with Crippen molar-refractivity contribution in [2.24, 2.45) is 5.92 Å². The van der Waals surface area contributed by atoms with E-state index < -0.39 is 14.4 Å². The topological polar surface area (TPSA) is 46.6 Å². The van der Waals surface area contributed by atoms with Crippen LogP contribution in [0.2, 0.25) is 18.1 Å². The van der Waals surface area contributed by atoms with Gasteiger partial charge in [0.2, 0.25) is 5.91 Å². The molecular formula is C19H29NO3Si. The molecule has 2 atom stereocenters. The van der Waals surface area contributed by atoms with Gasteiger partial charge in [0.15, 0.2) is 14.4 Å². The Morgan fingerprint density at radius 1 is 1.12 bits per heavy atom. The van der Waals surface area contributed by atoms with Crippen LogP contribution in [-0.4, -0.2) is 31.1 Å². The van der Waals surface area contributed by atoms with Crippen molar-refractivity contribution in [3.05, 3.63) is 35.9 Å². The zero-order chi connectivity index (χ0) is 17.9. The average molecular weight is 348 g/mol. The maximum absolute atomic E-state index is 12.7. The molecule has 132 valence electrons. The first kappa shape index (κ1) is 18.9. The van der Waals surface area contributed by atoms with Crippen molar-refractivity contribution in [2.45, 2.75) is 64.9 Å². The normalized spacial score (nSPS) is 21.1. The third kappa shape index (κ3) is 3.33. The van der Waals surface area contributed by atoms with Gasteiger partial charge in [-0.25, -0.2) is 0 Å². The molecule has 1 fully saturated rings. The zero-order valence-electron chi connectivity index (χ0n) is 15.4. The number of rotatable bonds is 7. The van der Waals surface area contributed by atoms with Crippen LogP contribution in [0.1, 0.15) is 46.2 Å². The molecule has 0 spiro atoms. The number of nitrogens with zero attached hydrogens (tertiary/aromatic N) is 1. The number of imide groups is 1. The van der Waals surface area contributed by atoms with Crippen molar-refractivity contribution in [3.8, 4) is 0 Å². The van der Waals surface area contributed by atoms with Crippen LogP contribution in [0, 0.1) is 5.92 Å². The van der Waals surface area contributed by atoms with Gasteiger partial charge in [0.25, 0.3) is 5.91 Å². The van der Waals surface area contributed by atoms with Crippen LogP contribution in [0.15, 0.2) is 30.3 Å². The zero-order valence-corrected chi connectivity index (χ0v) is 16.4. The standard InChI is InChI=1S/C19H29NO3Si/c1-6-24(7-2,8-3)23-17-16(15-12-10-9-11-13-15)20(19(17)22)18(21)14(4)5/h9-14,16-17H,6-8H2,1-5H3/t16?,17-/m1/s1. The quantitative estimate of drug-likeness (QED) is 0.550. The molecule has 2 amide bonds. The number of amides is 2. The van der Waals surface area contributed by atoms with Crippen LogP contribution in [0.3, 0.4) is 0 Å².